The van der Waals surface area contributed by atoms with Crippen LogP contribution in [-0.4, -0.2) is 21.5 Å². The van der Waals surface area contributed by atoms with Crippen molar-refractivity contribution in [2.75, 3.05) is 7.05 Å². The Morgan fingerprint density at radius 3 is 2.52 bits per heavy atom. The second-order valence-electron chi connectivity index (χ2n) is 5.87. The Labute approximate surface area is 126 Å². The monoisotopic (exact) mass is 314 g/mol. The molecular formula is C15H23FN2O2S. The lowest BCUT2D eigenvalue weighted by Crippen LogP contribution is -2.37. The Morgan fingerprint density at radius 2 is 1.90 bits per heavy atom. The smallest absolute Gasteiger partial charge is 0.243 e. The summed E-state index contributed by atoms with van der Waals surface area (Å²) in [6.07, 6.45) is 3.65. The van der Waals surface area contributed by atoms with Crippen molar-refractivity contribution in [1.29, 1.82) is 0 Å². The molecule has 0 saturated heterocycles. The predicted octanol–water partition coefficient (Wildman–Crippen LogP) is 2.40. The first-order chi connectivity index (χ1) is 9.92. The predicted molar refractivity (Wildman–Crippen MR) is 80.9 cm³/mol. The van der Waals surface area contributed by atoms with Gasteiger partial charge >= 0.3 is 0 Å². The highest BCUT2D eigenvalue weighted by Crippen LogP contribution is 2.25. The summed E-state index contributed by atoms with van der Waals surface area (Å²) in [6, 6.07) is 4.12. The van der Waals surface area contributed by atoms with Gasteiger partial charge in [-0.1, -0.05) is 13.0 Å². The highest BCUT2D eigenvalue weighted by atomic mass is 32.2. The number of rotatable bonds is 5. The number of nitrogens with one attached hydrogen (secondary N) is 2. The van der Waals surface area contributed by atoms with Gasteiger partial charge in [-0.25, -0.2) is 17.5 Å². The Hall–Kier alpha value is -0.980. The zero-order valence-corrected chi connectivity index (χ0v) is 13.3. The molecule has 6 heteroatoms. The van der Waals surface area contributed by atoms with Crippen molar-refractivity contribution in [3.05, 3.63) is 29.6 Å². The van der Waals surface area contributed by atoms with Crippen molar-refractivity contribution in [2.45, 2.75) is 50.1 Å². The third-order valence-corrected chi connectivity index (χ3v) is 5.54. The standard InChI is InChI=1S/C15H23FN2O2S/c1-11-3-6-13(7-4-11)18-21(19,20)15-9-12(10-17-2)5-8-14(15)16/h5,8-9,11,13,17-18H,3-4,6-7,10H2,1-2H3. The fourth-order valence-electron chi connectivity index (χ4n) is 2.73. The van der Waals surface area contributed by atoms with Crippen LogP contribution in [-0.2, 0) is 16.6 Å². The lowest BCUT2D eigenvalue weighted by atomic mass is 9.88. The van der Waals surface area contributed by atoms with Crippen molar-refractivity contribution in [1.82, 2.24) is 10.0 Å². The van der Waals surface area contributed by atoms with Gasteiger partial charge in [-0.05, 0) is 56.3 Å². The van der Waals surface area contributed by atoms with Crippen LogP contribution in [0, 0.1) is 11.7 Å². The van der Waals surface area contributed by atoms with E-state index in [-0.39, 0.29) is 10.9 Å². The summed E-state index contributed by atoms with van der Waals surface area (Å²) in [5.74, 6) is -0.0621. The van der Waals surface area contributed by atoms with Crippen molar-refractivity contribution < 1.29 is 12.8 Å². The van der Waals surface area contributed by atoms with E-state index in [1.165, 1.54) is 12.1 Å². The largest absolute Gasteiger partial charge is 0.316 e. The minimum absolute atomic E-state index is 0.0847. The average Bonchev–Trinajstić information content (AvgIpc) is 2.43. The summed E-state index contributed by atoms with van der Waals surface area (Å²) < 4.78 is 41.3. The summed E-state index contributed by atoms with van der Waals surface area (Å²) in [5, 5.41) is 2.93. The second kappa shape index (κ2) is 6.85. The van der Waals surface area contributed by atoms with Gasteiger partial charge in [-0.3, -0.25) is 0 Å². The molecule has 0 heterocycles. The molecule has 0 radical (unpaired) electrons. The molecule has 0 amide bonds. The van der Waals surface area contributed by atoms with Gasteiger partial charge < -0.3 is 5.32 Å². The first-order valence-corrected chi connectivity index (χ1v) is 8.86. The van der Waals surface area contributed by atoms with Crippen molar-refractivity contribution >= 4 is 10.0 Å². The van der Waals surface area contributed by atoms with Crippen molar-refractivity contribution in [3.8, 4) is 0 Å². The van der Waals surface area contributed by atoms with Crippen LogP contribution < -0.4 is 10.0 Å². The maximum atomic E-state index is 13.9. The third kappa shape index (κ3) is 4.25. The normalized spacial score (nSPS) is 23.2. The zero-order valence-electron chi connectivity index (χ0n) is 12.5. The van der Waals surface area contributed by atoms with Gasteiger partial charge in [0.1, 0.15) is 10.7 Å². The maximum absolute atomic E-state index is 13.9. The van der Waals surface area contributed by atoms with Gasteiger partial charge in [0.15, 0.2) is 0 Å². The molecule has 118 valence electrons. The minimum atomic E-state index is -3.80. The molecule has 0 atom stereocenters. The average molecular weight is 314 g/mol. The van der Waals surface area contributed by atoms with E-state index in [0.29, 0.717) is 12.5 Å². The molecular weight excluding hydrogens is 291 g/mol. The first-order valence-electron chi connectivity index (χ1n) is 7.37. The van der Waals surface area contributed by atoms with E-state index in [4.69, 9.17) is 0 Å². The summed E-state index contributed by atoms with van der Waals surface area (Å²) >= 11 is 0. The van der Waals surface area contributed by atoms with E-state index in [1.54, 1.807) is 13.1 Å². The molecule has 1 fully saturated rings. The molecule has 0 spiro atoms. The van der Waals surface area contributed by atoms with Gasteiger partial charge in [-0.15, -0.1) is 0 Å². The van der Waals surface area contributed by atoms with Crippen LogP contribution in [0.1, 0.15) is 38.2 Å². The molecule has 0 aromatic heterocycles. The van der Waals surface area contributed by atoms with Gasteiger partial charge in [0.2, 0.25) is 10.0 Å². The van der Waals surface area contributed by atoms with Crippen molar-refractivity contribution in [2.24, 2.45) is 5.92 Å². The van der Waals surface area contributed by atoms with E-state index in [0.717, 1.165) is 31.2 Å². The fraction of sp³-hybridized carbons (Fsp3) is 0.600. The Balaban J connectivity index is 2.17. The SMILES string of the molecule is CNCc1ccc(F)c(S(=O)(=O)NC2CCC(C)CC2)c1. The van der Waals surface area contributed by atoms with Crippen LogP contribution >= 0.6 is 0 Å². The van der Waals surface area contributed by atoms with E-state index >= 15 is 0 Å². The lowest BCUT2D eigenvalue weighted by Gasteiger charge is -2.26. The number of benzene rings is 1. The summed E-state index contributed by atoms with van der Waals surface area (Å²) in [6.45, 7) is 2.68. The molecule has 2 N–H and O–H groups in total. The minimum Gasteiger partial charge on any atom is -0.316 e. The summed E-state index contributed by atoms with van der Waals surface area (Å²) in [4.78, 5) is -0.256. The number of halogens is 1. The number of sulfonamides is 1. The van der Waals surface area contributed by atoms with Gasteiger partial charge in [0.05, 0.1) is 0 Å². The zero-order chi connectivity index (χ0) is 15.5. The molecule has 0 bridgehead atoms. The van der Waals surface area contributed by atoms with Crippen LogP contribution in [0.2, 0.25) is 0 Å². The molecule has 1 aliphatic carbocycles. The Morgan fingerprint density at radius 1 is 1.24 bits per heavy atom. The molecule has 0 aliphatic heterocycles. The molecule has 2 rings (SSSR count). The fourth-order valence-corrected chi connectivity index (χ4v) is 4.16. The molecule has 0 unspecified atom stereocenters. The van der Waals surface area contributed by atoms with E-state index in [1.807, 2.05) is 0 Å². The van der Waals surface area contributed by atoms with Gasteiger partial charge in [0, 0.05) is 12.6 Å². The van der Waals surface area contributed by atoms with Crippen LogP contribution in [0.4, 0.5) is 4.39 Å². The maximum Gasteiger partial charge on any atom is 0.243 e. The van der Waals surface area contributed by atoms with E-state index in [9.17, 15) is 12.8 Å². The quantitative estimate of drug-likeness (QED) is 0.877. The second-order valence-corrected chi connectivity index (χ2v) is 7.56. The van der Waals surface area contributed by atoms with E-state index < -0.39 is 15.8 Å². The highest BCUT2D eigenvalue weighted by molar-refractivity contribution is 7.89. The van der Waals surface area contributed by atoms with Crippen LogP contribution in [0.3, 0.4) is 0 Å². The molecule has 21 heavy (non-hydrogen) atoms. The molecule has 4 nitrogen and oxygen atoms in total. The molecule has 1 saturated carbocycles. The number of hydrogen-bond donors (Lipinski definition) is 2. The highest BCUT2D eigenvalue weighted by Gasteiger charge is 2.26. The van der Waals surface area contributed by atoms with Gasteiger partial charge in [0.25, 0.3) is 0 Å². The Bertz CT molecular complexity index is 581. The lowest BCUT2D eigenvalue weighted by molar-refractivity contribution is 0.332. The molecule has 1 aliphatic rings. The topological polar surface area (TPSA) is 58.2 Å². The first kappa shape index (κ1) is 16.4. The van der Waals surface area contributed by atoms with Crippen molar-refractivity contribution in [3.63, 3.8) is 0 Å². The molecule has 1 aromatic rings. The van der Waals surface area contributed by atoms with E-state index in [2.05, 4.69) is 17.0 Å². The van der Waals surface area contributed by atoms with Crippen LogP contribution in [0.15, 0.2) is 23.1 Å². The summed E-state index contributed by atoms with van der Waals surface area (Å²) in [5.41, 5.74) is 0.747. The van der Waals surface area contributed by atoms with Crippen LogP contribution in [0.5, 0.6) is 0 Å². The Kier molecular flexibility index (Phi) is 5.35. The number of hydrogen-bond acceptors (Lipinski definition) is 3. The third-order valence-electron chi connectivity index (χ3n) is 4.00. The molecule has 1 aromatic carbocycles. The van der Waals surface area contributed by atoms with Gasteiger partial charge in [-0.2, -0.15) is 0 Å². The van der Waals surface area contributed by atoms with Crippen LogP contribution in [0.25, 0.3) is 0 Å². The summed E-state index contributed by atoms with van der Waals surface area (Å²) in [7, 11) is -2.04.